The quantitative estimate of drug-likeness (QED) is 0.141. The first-order valence-corrected chi connectivity index (χ1v) is 16.7. The van der Waals surface area contributed by atoms with Crippen molar-refractivity contribution in [2.75, 3.05) is 12.3 Å². The van der Waals surface area contributed by atoms with Crippen LogP contribution >= 0.6 is 0 Å². The highest BCUT2D eigenvalue weighted by Crippen LogP contribution is 2.43. The van der Waals surface area contributed by atoms with Crippen LogP contribution in [0, 0.1) is 17.2 Å². The molecule has 0 aliphatic heterocycles. The second-order valence-electron chi connectivity index (χ2n) is 12.6. The molecule has 1 unspecified atom stereocenters. The lowest BCUT2D eigenvalue weighted by molar-refractivity contribution is 0.277. The van der Waals surface area contributed by atoms with Crippen LogP contribution in [0.4, 0.5) is 5.69 Å². The number of nitriles is 1. The van der Waals surface area contributed by atoms with Crippen molar-refractivity contribution in [3.8, 4) is 45.2 Å². The normalized spacial score (nSPS) is 14.0. The minimum atomic E-state index is 0.243. The molecule has 7 aromatic rings. The molecule has 0 fully saturated rings. The van der Waals surface area contributed by atoms with E-state index < -0.39 is 0 Å². The summed E-state index contributed by atoms with van der Waals surface area (Å²) in [5, 5.41) is 14.0. The molecule has 0 spiro atoms. The topological polar surface area (TPSA) is 59.0 Å². The third-order valence-corrected chi connectivity index (χ3v) is 9.51. The second kappa shape index (κ2) is 13.0. The van der Waals surface area contributed by atoms with E-state index in [1.54, 1.807) is 0 Å². The average molecular weight is 631 g/mol. The third kappa shape index (κ3) is 5.97. The van der Waals surface area contributed by atoms with Crippen LogP contribution in [0.15, 0.2) is 164 Å². The smallest absolute Gasteiger partial charge is 0.143 e. The van der Waals surface area contributed by atoms with Crippen molar-refractivity contribution in [3.05, 3.63) is 175 Å². The van der Waals surface area contributed by atoms with Gasteiger partial charge < -0.3 is 10.5 Å². The maximum atomic E-state index is 9.21. The van der Waals surface area contributed by atoms with Gasteiger partial charge in [-0.2, -0.15) is 5.26 Å². The van der Waals surface area contributed by atoms with Crippen molar-refractivity contribution in [1.29, 1.82) is 5.26 Å². The fraction of sp³-hybridized carbons (Fsp3) is 0.0652. The number of nitrogens with zero attached hydrogens (tertiary/aromatic N) is 1. The van der Waals surface area contributed by atoms with Crippen LogP contribution in [0.2, 0.25) is 0 Å². The highest BCUT2D eigenvalue weighted by atomic mass is 16.5. The van der Waals surface area contributed by atoms with E-state index in [0.717, 1.165) is 45.2 Å². The summed E-state index contributed by atoms with van der Waals surface area (Å²) in [7, 11) is 0. The highest BCUT2D eigenvalue weighted by molar-refractivity contribution is 6.15. The number of nitrogens with two attached hydrogens (primary N) is 1. The van der Waals surface area contributed by atoms with Gasteiger partial charge in [-0.15, -0.1) is 0 Å². The molecule has 0 heterocycles. The maximum Gasteiger partial charge on any atom is 0.143 e. The fourth-order valence-corrected chi connectivity index (χ4v) is 6.83. The maximum absolute atomic E-state index is 9.21. The van der Waals surface area contributed by atoms with Gasteiger partial charge in [-0.1, -0.05) is 133 Å². The van der Waals surface area contributed by atoms with Gasteiger partial charge in [0.15, 0.2) is 0 Å². The lowest BCUT2D eigenvalue weighted by Crippen LogP contribution is -2.12. The Morgan fingerprint density at radius 3 is 1.94 bits per heavy atom. The van der Waals surface area contributed by atoms with Gasteiger partial charge in [0, 0.05) is 11.5 Å². The molecule has 1 aliphatic rings. The first-order chi connectivity index (χ1) is 24.1. The predicted octanol–water partition coefficient (Wildman–Crippen LogP) is 11.5. The van der Waals surface area contributed by atoms with Crippen LogP contribution in [0.3, 0.4) is 0 Å². The molecule has 3 heteroatoms. The number of fused-ring (bicyclic) bond motifs is 3. The highest BCUT2D eigenvalue weighted by Gasteiger charge is 2.18. The van der Waals surface area contributed by atoms with Crippen molar-refractivity contribution < 1.29 is 4.74 Å². The van der Waals surface area contributed by atoms with Crippen molar-refractivity contribution in [3.63, 3.8) is 0 Å². The molecule has 1 atom stereocenters. The van der Waals surface area contributed by atoms with Gasteiger partial charge in [0.2, 0.25) is 0 Å². The van der Waals surface area contributed by atoms with E-state index in [9.17, 15) is 5.26 Å². The van der Waals surface area contributed by atoms with Gasteiger partial charge >= 0.3 is 0 Å². The second-order valence-corrected chi connectivity index (χ2v) is 12.6. The first-order valence-electron chi connectivity index (χ1n) is 16.7. The zero-order valence-electron chi connectivity index (χ0n) is 27.0. The molecule has 0 saturated carbocycles. The summed E-state index contributed by atoms with van der Waals surface area (Å²) >= 11 is 0. The summed E-state index contributed by atoms with van der Waals surface area (Å²) in [6.45, 7) is 0.526. The SMILES string of the molecule is N#Cc1ccc(-c2ccc(-c3cc(OCC4C=CC(c5ccccc5)=CC4)c(N)c(-c4cc5ccccc5c5ccccc45)c3)cc2)cc1. The van der Waals surface area contributed by atoms with Crippen LogP contribution in [0.25, 0.3) is 60.5 Å². The van der Waals surface area contributed by atoms with E-state index in [-0.39, 0.29) is 5.92 Å². The minimum Gasteiger partial charge on any atom is -0.491 e. The third-order valence-electron chi connectivity index (χ3n) is 9.51. The van der Waals surface area contributed by atoms with Gasteiger partial charge in [-0.3, -0.25) is 0 Å². The van der Waals surface area contributed by atoms with Gasteiger partial charge in [-0.25, -0.2) is 0 Å². The molecule has 0 aromatic heterocycles. The number of anilines is 1. The summed E-state index contributed by atoms with van der Waals surface area (Å²) in [6, 6.07) is 52.5. The molecular formula is C46H34N2O. The monoisotopic (exact) mass is 630 g/mol. The standard InChI is InChI=1S/C46H34N2O/c47-29-31-14-18-35(19-15-31)36-22-24-37(25-23-36)39-27-44(43-26-38-10-4-5-11-40(38)41-12-6-7-13-42(41)43)46(48)45(28-39)49-30-32-16-20-34(21-17-32)33-8-2-1-3-9-33/h1-16,18-28,32H,17,30,48H2. The Hall–Kier alpha value is -6.37. The molecule has 0 saturated heterocycles. The molecule has 7 aromatic carbocycles. The van der Waals surface area contributed by atoms with Crippen LogP contribution in [-0.4, -0.2) is 6.61 Å². The van der Waals surface area contributed by atoms with Crippen LogP contribution in [-0.2, 0) is 0 Å². The number of hydrogen-bond donors (Lipinski definition) is 1. The summed E-state index contributed by atoms with van der Waals surface area (Å²) in [4.78, 5) is 0. The molecular weight excluding hydrogens is 597 g/mol. The predicted molar refractivity (Wildman–Crippen MR) is 204 cm³/mol. The van der Waals surface area contributed by atoms with Crippen LogP contribution in [0.1, 0.15) is 17.5 Å². The molecule has 2 N–H and O–H groups in total. The van der Waals surface area contributed by atoms with Gasteiger partial charge in [0.1, 0.15) is 5.75 Å². The zero-order chi connectivity index (χ0) is 33.2. The lowest BCUT2D eigenvalue weighted by atomic mass is 9.90. The van der Waals surface area contributed by atoms with Crippen molar-refractivity contribution in [2.24, 2.45) is 5.92 Å². The fourth-order valence-electron chi connectivity index (χ4n) is 6.83. The Morgan fingerprint density at radius 1 is 0.612 bits per heavy atom. The molecule has 3 nitrogen and oxygen atoms in total. The molecule has 8 rings (SSSR count). The summed E-state index contributed by atoms with van der Waals surface area (Å²) in [5.41, 5.74) is 17.1. The molecule has 0 radical (unpaired) electrons. The Bertz CT molecular complexity index is 2410. The zero-order valence-corrected chi connectivity index (χ0v) is 27.0. The van der Waals surface area contributed by atoms with Crippen LogP contribution in [0.5, 0.6) is 5.75 Å². The number of rotatable bonds is 7. The van der Waals surface area contributed by atoms with E-state index in [0.29, 0.717) is 23.6 Å². The largest absolute Gasteiger partial charge is 0.491 e. The van der Waals surface area contributed by atoms with E-state index in [2.05, 4.69) is 140 Å². The summed E-state index contributed by atoms with van der Waals surface area (Å²) in [5.74, 6) is 0.930. The number of hydrogen-bond acceptors (Lipinski definition) is 3. The van der Waals surface area contributed by atoms with Crippen molar-refractivity contribution >= 4 is 32.8 Å². The molecule has 0 amide bonds. The summed E-state index contributed by atoms with van der Waals surface area (Å²) < 4.78 is 6.62. The van der Waals surface area contributed by atoms with Crippen molar-refractivity contribution in [2.45, 2.75) is 6.42 Å². The molecule has 0 bridgehead atoms. The number of benzene rings is 7. The number of allylic oxidation sites excluding steroid dienone is 3. The minimum absolute atomic E-state index is 0.243. The van der Waals surface area contributed by atoms with E-state index in [1.165, 1.54) is 27.3 Å². The Morgan fingerprint density at radius 2 is 1.24 bits per heavy atom. The van der Waals surface area contributed by atoms with Crippen LogP contribution < -0.4 is 10.5 Å². The number of ether oxygens (including phenoxy) is 1. The van der Waals surface area contributed by atoms with Crippen molar-refractivity contribution in [1.82, 2.24) is 0 Å². The van der Waals surface area contributed by atoms with Gasteiger partial charge in [-0.05, 0) is 97.3 Å². The molecule has 1 aliphatic carbocycles. The van der Waals surface area contributed by atoms with Gasteiger partial charge in [0.05, 0.1) is 23.9 Å². The molecule has 49 heavy (non-hydrogen) atoms. The molecule has 234 valence electrons. The van der Waals surface area contributed by atoms with Gasteiger partial charge in [0.25, 0.3) is 0 Å². The average Bonchev–Trinajstić information content (AvgIpc) is 3.18. The lowest BCUT2D eigenvalue weighted by Gasteiger charge is -2.21. The Kier molecular flexibility index (Phi) is 7.97. The van der Waals surface area contributed by atoms with E-state index in [4.69, 9.17) is 10.5 Å². The number of nitrogen functional groups attached to an aromatic ring is 1. The van der Waals surface area contributed by atoms with E-state index >= 15 is 0 Å². The first kappa shape index (κ1) is 30.0. The summed E-state index contributed by atoms with van der Waals surface area (Å²) in [6.07, 6.45) is 7.65. The Labute approximate surface area is 286 Å². The Balaban J connectivity index is 1.18. The van der Waals surface area contributed by atoms with E-state index in [1.807, 2.05) is 30.3 Å².